The number of nitrogens with one attached hydrogen (secondary N) is 1. The van der Waals surface area contributed by atoms with Crippen LogP contribution in [0.5, 0.6) is 5.75 Å². The van der Waals surface area contributed by atoms with Gasteiger partial charge in [0.05, 0.1) is 6.61 Å². The molecular formula is C16H17Cl2NO. The molecule has 0 aliphatic carbocycles. The highest BCUT2D eigenvalue weighted by Gasteiger charge is 1.99. The van der Waals surface area contributed by atoms with Crippen molar-refractivity contribution < 1.29 is 4.74 Å². The van der Waals surface area contributed by atoms with Crippen molar-refractivity contribution in [2.75, 3.05) is 11.9 Å². The number of hydrogen-bond donors (Lipinski definition) is 1. The maximum Gasteiger partial charge on any atom is 0.119 e. The van der Waals surface area contributed by atoms with E-state index in [2.05, 4.69) is 12.2 Å². The fourth-order valence-corrected chi connectivity index (χ4v) is 2.31. The molecule has 4 heteroatoms. The molecule has 1 N–H and O–H groups in total. The van der Waals surface area contributed by atoms with E-state index in [9.17, 15) is 0 Å². The van der Waals surface area contributed by atoms with Gasteiger partial charge in [0, 0.05) is 22.3 Å². The molecule has 0 heterocycles. The van der Waals surface area contributed by atoms with Gasteiger partial charge in [0.15, 0.2) is 0 Å². The van der Waals surface area contributed by atoms with Crippen molar-refractivity contribution in [1.82, 2.24) is 0 Å². The summed E-state index contributed by atoms with van der Waals surface area (Å²) in [5, 5.41) is 4.55. The van der Waals surface area contributed by atoms with Gasteiger partial charge in [0.1, 0.15) is 5.75 Å². The van der Waals surface area contributed by atoms with Crippen LogP contribution in [0.4, 0.5) is 5.69 Å². The lowest BCUT2D eigenvalue weighted by molar-refractivity contribution is 0.317. The maximum atomic E-state index is 5.96. The molecule has 0 aromatic heterocycles. The van der Waals surface area contributed by atoms with Gasteiger partial charge in [0.2, 0.25) is 0 Å². The Hall–Kier alpha value is -1.38. The van der Waals surface area contributed by atoms with Gasteiger partial charge in [-0.2, -0.15) is 0 Å². The Balaban J connectivity index is 1.93. The minimum absolute atomic E-state index is 0.628. The highest BCUT2D eigenvalue weighted by molar-refractivity contribution is 6.35. The number of anilines is 1. The van der Waals surface area contributed by atoms with Gasteiger partial charge in [-0.25, -0.2) is 0 Å². The Morgan fingerprint density at radius 2 is 1.65 bits per heavy atom. The van der Waals surface area contributed by atoms with E-state index in [1.165, 1.54) is 5.56 Å². The lowest BCUT2D eigenvalue weighted by atomic mass is 10.2. The minimum atomic E-state index is 0.628. The van der Waals surface area contributed by atoms with Gasteiger partial charge < -0.3 is 10.1 Å². The zero-order chi connectivity index (χ0) is 14.4. The molecule has 106 valence electrons. The number of hydrogen-bond acceptors (Lipinski definition) is 2. The van der Waals surface area contributed by atoms with Crippen LogP contribution >= 0.6 is 23.2 Å². The highest BCUT2D eigenvalue weighted by atomic mass is 35.5. The fraction of sp³-hybridized carbons (Fsp3) is 0.250. The van der Waals surface area contributed by atoms with E-state index in [1.54, 1.807) is 6.07 Å². The van der Waals surface area contributed by atoms with E-state index in [1.807, 2.05) is 36.4 Å². The topological polar surface area (TPSA) is 21.3 Å². The van der Waals surface area contributed by atoms with Crippen LogP contribution in [0.15, 0.2) is 42.5 Å². The van der Waals surface area contributed by atoms with Crippen LogP contribution in [0.25, 0.3) is 0 Å². The molecule has 0 saturated heterocycles. The average Bonchev–Trinajstić information content (AvgIpc) is 2.43. The van der Waals surface area contributed by atoms with Crippen molar-refractivity contribution in [3.05, 3.63) is 58.1 Å². The van der Waals surface area contributed by atoms with E-state index in [4.69, 9.17) is 27.9 Å². The second-order valence-corrected chi connectivity index (χ2v) is 5.38. The Morgan fingerprint density at radius 3 is 2.25 bits per heavy atom. The van der Waals surface area contributed by atoms with E-state index < -0.39 is 0 Å². The Bertz CT molecular complexity index is 535. The van der Waals surface area contributed by atoms with Crippen LogP contribution in [0.1, 0.15) is 18.9 Å². The van der Waals surface area contributed by atoms with Crippen molar-refractivity contribution >= 4 is 28.9 Å². The van der Waals surface area contributed by atoms with Crippen molar-refractivity contribution in [2.45, 2.75) is 19.9 Å². The molecule has 0 aliphatic heterocycles. The molecule has 0 spiro atoms. The first kappa shape index (κ1) is 15.0. The van der Waals surface area contributed by atoms with Crippen LogP contribution in [-0.2, 0) is 6.54 Å². The summed E-state index contributed by atoms with van der Waals surface area (Å²) in [7, 11) is 0. The number of rotatable bonds is 6. The molecule has 0 radical (unpaired) electrons. The normalized spacial score (nSPS) is 10.3. The Kier molecular flexibility index (Phi) is 5.57. The zero-order valence-corrected chi connectivity index (χ0v) is 12.8. The molecule has 0 atom stereocenters. The second-order valence-electron chi connectivity index (χ2n) is 4.50. The second kappa shape index (κ2) is 7.41. The van der Waals surface area contributed by atoms with E-state index in [0.717, 1.165) is 24.5 Å². The summed E-state index contributed by atoms with van der Waals surface area (Å²) in [6.07, 6.45) is 1.01. The van der Waals surface area contributed by atoms with E-state index >= 15 is 0 Å². The van der Waals surface area contributed by atoms with Gasteiger partial charge in [-0.1, -0.05) is 42.3 Å². The van der Waals surface area contributed by atoms with Crippen LogP contribution in [0.3, 0.4) is 0 Å². The summed E-state index contributed by atoms with van der Waals surface area (Å²) in [5.41, 5.74) is 2.08. The third kappa shape index (κ3) is 4.62. The van der Waals surface area contributed by atoms with Crippen LogP contribution in [-0.4, -0.2) is 6.61 Å². The summed E-state index contributed by atoms with van der Waals surface area (Å²) < 4.78 is 5.55. The molecule has 0 bridgehead atoms. The molecule has 2 rings (SSSR count). The van der Waals surface area contributed by atoms with Gasteiger partial charge >= 0.3 is 0 Å². The summed E-state index contributed by atoms with van der Waals surface area (Å²) >= 11 is 11.9. The average molecular weight is 310 g/mol. The molecule has 2 nitrogen and oxygen atoms in total. The third-order valence-electron chi connectivity index (χ3n) is 2.76. The summed E-state index contributed by atoms with van der Waals surface area (Å²) in [6.45, 7) is 3.55. The number of ether oxygens (including phenoxy) is 1. The number of halogens is 2. The first-order valence-corrected chi connectivity index (χ1v) is 7.34. The van der Waals surface area contributed by atoms with E-state index in [-0.39, 0.29) is 0 Å². The molecule has 2 aromatic carbocycles. The minimum Gasteiger partial charge on any atom is -0.494 e. The zero-order valence-electron chi connectivity index (χ0n) is 11.3. The lowest BCUT2D eigenvalue weighted by Crippen LogP contribution is -2.00. The molecule has 2 aromatic rings. The third-order valence-corrected chi connectivity index (χ3v) is 3.19. The Labute approximate surface area is 129 Å². The highest BCUT2D eigenvalue weighted by Crippen LogP contribution is 2.23. The quantitative estimate of drug-likeness (QED) is 0.772. The van der Waals surface area contributed by atoms with Crippen molar-refractivity contribution in [2.24, 2.45) is 0 Å². The largest absolute Gasteiger partial charge is 0.494 e. The maximum absolute atomic E-state index is 5.96. The first-order chi connectivity index (χ1) is 9.67. The SMILES string of the molecule is CCCOc1ccc(CNc2cc(Cl)cc(Cl)c2)cc1. The van der Waals surface area contributed by atoms with E-state index in [0.29, 0.717) is 16.6 Å². The smallest absolute Gasteiger partial charge is 0.119 e. The van der Waals surface area contributed by atoms with Crippen molar-refractivity contribution in [3.63, 3.8) is 0 Å². The molecule has 0 amide bonds. The summed E-state index contributed by atoms with van der Waals surface area (Å²) in [6, 6.07) is 13.5. The summed E-state index contributed by atoms with van der Waals surface area (Å²) in [4.78, 5) is 0. The lowest BCUT2D eigenvalue weighted by Gasteiger charge is -2.09. The Morgan fingerprint density at radius 1 is 1.00 bits per heavy atom. The fourth-order valence-electron chi connectivity index (χ4n) is 1.78. The van der Waals surface area contributed by atoms with Gasteiger partial charge in [0.25, 0.3) is 0 Å². The summed E-state index contributed by atoms with van der Waals surface area (Å²) in [5.74, 6) is 0.904. The molecule has 0 fully saturated rings. The molecule has 0 saturated carbocycles. The molecule has 0 unspecified atom stereocenters. The van der Waals surface area contributed by atoms with Gasteiger partial charge in [-0.15, -0.1) is 0 Å². The first-order valence-electron chi connectivity index (χ1n) is 6.59. The van der Waals surface area contributed by atoms with Crippen LogP contribution in [0.2, 0.25) is 10.0 Å². The molecule has 0 aliphatic rings. The number of benzene rings is 2. The van der Waals surface area contributed by atoms with Crippen LogP contribution < -0.4 is 10.1 Å². The predicted molar refractivity (Wildman–Crippen MR) is 86.0 cm³/mol. The standard InChI is InChI=1S/C16H17Cl2NO/c1-2-7-20-16-5-3-12(4-6-16)11-19-15-9-13(17)8-14(18)10-15/h3-6,8-10,19H,2,7,11H2,1H3. The van der Waals surface area contributed by atoms with Crippen molar-refractivity contribution in [1.29, 1.82) is 0 Å². The predicted octanol–water partition coefficient (Wildman–Crippen LogP) is 5.39. The van der Waals surface area contributed by atoms with Gasteiger partial charge in [-0.3, -0.25) is 0 Å². The van der Waals surface area contributed by atoms with Crippen LogP contribution in [0, 0.1) is 0 Å². The molecular weight excluding hydrogens is 293 g/mol. The van der Waals surface area contributed by atoms with Gasteiger partial charge in [-0.05, 0) is 42.3 Å². The monoisotopic (exact) mass is 309 g/mol. The molecule has 20 heavy (non-hydrogen) atoms. The van der Waals surface area contributed by atoms with Crippen molar-refractivity contribution in [3.8, 4) is 5.75 Å².